The molecule has 0 atom stereocenters. The maximum absolute atomic E-state index is 13.2. The first-order valence-electron chi connectivity index (χ1n) is 13.3. The average molecular weight is 581 g/mol. The number of hydrogen-bond donors (Lipinski definition) is 0. The highest BCUT2D eigenvalue weighted by Gasteiger charge is 2.37. The predicted molar refractivity (Wildman–Crippen MR) is 157 cm³/mol. The Kier molecular flexibility index (Phi) is 8.92. The number of methoxy groups -OCH3 is 2. The smallest absolute Gasteiger partial charge is 0.326 e. The number of carbonyl (C=O) groups excluding carboxylic acids is 3. The summed E-state index contributed by atoms with van der Waals surface area (Å²) in [5.74, 6) is -0.0711. The Morgan fingerprint density at radius 2 is 1.23 bits per heavy atom. The van der Waals surface area contributed by atoms with Gasteiger partial charge < -0.3 is 23.6 Å². The highest BCUT2D eigenvalue weighted by Crippen LogP contribution is 2.37. The molecule has 0 N–H and O–H groups in total. The van der Waals surface area contributed by atoms with Crippen molar-refractivity contribution in [1.82, 2.24) is 5.06 Å². The monoisotopic (exact) mass is 581 g/mol. The summed E-state index contributed by atoms with van der Waals surface area (Å²) in [6, 6.07) is 24.3. The number of rotatable bonds is 12. The summed E-state index contributed by atoms with van der Waals surface area (Å²) >= 11 is 0. The van der Waals surface area contributed by atoms with Crippen LogP contribution in [0.3, 0.4) is 0 Å². The van der Waals surface area contributed by atoms with Crippen molar-refractivity contribution >= 4 is 25.8 Å². The molecule has 5 rings (SSSR count). The molecule has 10 nitrogen and oxygen atoms in total. The Balaban J connectivity index is 1.44. The molecule has 4 aromatic carbocycles. The van der Waals surface area contributed by atoms with Crippen molar-refractivity contribution in [2.75, 3.05) is 14.2 Å². The van der Waals surface area contributed by atoms with Gasteiger partial charge in [-0.1, -0.05) is 42.5 Å². The molecule has 0 saturated heterocycles. The number of ether oxygens (including phenoxy) is 4. The van der Waals surface area contributed by atoms with E-state index in [0.717, 1.165) is 11.1 Å². The zero-order valence-corrected chi connectivity index (χ0v) is 23.8. The van der Waals surface area contributed by atoms with Crippen LogP contribution < -0.4 is 18.9 Å². The third-order valence-corrected chi connectivity index (χ3v) is 6.80. The van der Waals surface area contributed by atoms with Crippen LogP contribution in [-0.4, -0.2) is 45.1 Å². The van der Waals surface area contributed by atoms with E-state index in [9.17, 15) is 14.4 Å². The van der Waals surface area contributed by atoms with Crippen LogP contribution in [0.1, 0.15) is 47.8 Å². The Morgan fingerprint density at radius 3 is 1.74 bits per heavy atom. The summed E-state index contributed by atoms with van der Waals surface area (Å²) in [6.45, 7) is -0.0302. The quantitative estimate of drug-likeness (QED) is 0.179. The van der Waals surface area contributed by atoms with Crippen LogP contribution >= 0.6 is 0 Å². The van der Waals surface area contributed by atoms with E-state index in [-0.39, 0.29) is 48.0 Å². The van der Waals surface area contributed by atoms with E-state index in [1.54, 1.807) is 62.8 Å². The fraction of sp³-hybridized carbons (Fsp3) is 0.156. The number of carbonyl (C=O) groups is 3. The zero-order valence-electron chi connectivity index (χ0n) is 23.8. The zero-order chi connectivity index (χ0) is 30.3. The van der Waals surface area contributed by atoms with Gasteiger partial charge in [-0.25, -0.2) is 4.79 Å². The van der Waals surface area contributed by atoms with Crippen LogP contribution in [0.4, 0.5) is 0 Å². The Labute approximate surface area is 249 Å². The Hall–Kier alpha value is -5.29. The minimum atomic E-state index is -0.708. The lowest BCUT2D eigenvalue weighted by atomic mass is 10.1. The highest BCUT2D eigenvalue weighted by molar-refractivity contribution is 6.20. The van der Waals surface area contributed by atoms with Gasteiger partial charge in [-0.05, 0) is 59.2 Å². The van der Waals surface area contributed by atoms with Crippen molar-refractivity contribution in [2.45, 2.75) is 19.8 Å². The lowest BCUT2D eigenvalue weighted by molar-refractivity contribution is -0.101. The highest BCUT2D eigenvalue weighted by atomic mass is 16.7. The number of hydrogen-bond acceptors (Lipinski definition) is 9. The molecule has 0 saturated carbocycles. The molecular formula is C32H28BNO9. The van der Waals surface area contributed by atoms with Gasteiger partial charge in [0.2, 0.25) is 0 Å². The molecule has 43 heavy (non-hydrogen) atoms. The molecule has 1 heterocycles. The summed E-state index contributed by atoms with van der Waals surface area (Å²) in [5.41, 5.74) is 2.52. The normalized spacial score (nSPS) is 12.1. The standard InChI is InChI=1S/C32H28BNO9/c1-38-23-12-7-20(8-13-23)17-40-27-16-11-22(19-42-34-30(35)25-5-3-4-6-26(25)31(34)36)28(32(37)43-33)29(27)41-18-21-9-14-24(39-2)15-10-21/h3-16H,17-19,33H2,1-2H3. The third-order valence-electron chi connectivity index (χ3n) is 6.80. The van der Waals surface area contributed by atoms with E-state index < -0.39 is 17.8 Å². The number of amides is 2. The van der Waals surface area contributed by atoms with Crippen LogP contribution in [0, 0.1) is 0 Å². The average Bonchev–Trinajstić information content (AvgIpc) is 3.30. The van der Waals surface area contributed by atoms with Crippen LogP contribution in [0.2, 0.25) is 0 Å². The van der Waals surface area contributed by atoms with E-state index >= 15 is 0 Å². The molecule has 0 radical (unpaired) electrons. The number of hydroxylamine groups is 2. The largest absolute Gasteiger partial charge is 0.540 e. The van der Waals surface area contributed by atoms with E-state index in [1.165, 1.54) is 8.05 Å². The van der Waals surface area contributed by atoms with E-state index in [0.29, 0.717) is 22.1 Å². The van der Waals surface area contributed by atoms with Crippen LogP contribution in [-0.2, 0) is 29.3 Å². The van der Waals surface area contributed by atoms with Gasteiger partial charge in [-0.2, -0.15) is 0 Å². The van der Waals surface area contributed by atoms with Crippen LogP contribution in [0.15, 0.2) is 84.9 Å². The fourth-order valence-corrected chi connectivity index (χ4v) is 4.49. The Bertz CT molecular complexity index is 1600. The molecule has 0 spiro atoms. The second-order valence-corrected chi connectivity index (χ2v) is 9.42. The van der Waals surface area contributed by atoms with Gasteiger partial charge >= 0.3 is 14.0 Å². The first kappa shape index (κ1) is 29.2. The van der Waals surface area contributed by atoms with Crippen molar-refractivity contribution < 1.29 is 42.8 Å². The topological polar surface area (TPSA) is 110 Å². The molecule has 2 amide bonds. The lowest BCUT2D eigenvalue weighted by Crippen LogP contribution is -2.30. The molecule has 0 bridgehead atoms. The van der Waals surface area contributed by atoms with Crippen molar-refractivity contribution in [2.24, 2.45) is 0 Å². The maximum Gasteiger partial charge on any atom is 0.326 e. The minimum Gasteiger partial charge on any atom is -0.540 e. The predicted octanol–water partition coefficient (Wildman–Crippen LogP) is 4.29. The van der Waals surface area contributed by atoms with Gasteiger partial charge in [-0.15, -0.1) is 5.06 Å². The summed E-state index contributed by atoms with van der Waals surface area (Å²) in [6.07, 6.45) is 0. The van der Waals surface area contributed by atoms with Gasteiger partial charge in [0.25, 0.3) is 11.8 Å². The fourth-order valence-electron chi connectivity index (χ4n) is 4.49. The molecule has 11 heteroatoms. The molecule has 218 valence electrons. The summed E-state index contributed by atoms with van der Waals surface area (Å²) in [5, 5.41) is 0.692. The molecule has 0 fully saturated rings. The van der Waals surface area contributed by atoms with E-state index in [4.69, 9.17) is 28.4 Å². The van der Waals surface area contributed by atoms with Gasteiger partial charge in [0.05, 0.1) is 25.3 Å². The second-order valence-electron chi connectivity index (χ2n) is 9.42. The lowest BCUT2D eigenvalue weighted by Gasteiger charge is -2.20. The molecular weight excluding hydrogens is 553 g/mol. The van der Waals surface area contributed by atoms with Crippen molar-refractivity contribution in [1.29, 1.82) is 0 Å². The third kappa shape index (κ3) is 6.31. The first-order valence-corrected chi connectivity index (χ1v) is 13.3. The molecule has 1 aliphatic rings. The molecule has 0 aliphatic carbocycles. The van der Waals surface area contributed by atoms with Gasteiger partial charge in [0.15, 0.2) is 11.5 Å². The summed E-state index contributed by atoms with van der Waals surface area (Å²) < 4.78 is 27.9. The SMILES string of the molecule is BOC(=O)c1c(CON2C(=O)c3ccccc3C2=O)ccc(OCc2ccc(OC)cc2)c1OCc1ccc(OC)cc1. The van der Waals surface area contributed by atoms with Crippen molar-refractivity contribution in [3.63, 3.8) is 0 Å². The van der Waals surface area contributed by atoms with Gasteiger partial charge in [0, 0.05) is 0 Å². The molecule has 1 aliphatic heterocycles. The van der Waals surface area contributed by atoms with E-state index in [2.05, 4.69) is 0 Å². The molecule has 0 unspecified atom stereocenters. The number of benzene rings is 4. The number of imide groups is 1. The molecule has 4 aromatic rings. The number of nitrogens with zero attached hydrogens (tertiary/aromatic N) is 1. The van der Waals surface area contributed by atoms with Gasteiger partial charge in [-0.3, -0.25) is 14.4 Å². The van der Waals surface area contributed by atoms with Crippen LogP contribution in [0.25, 0.3) is 0 Å². The second kappa shape index (κ2) is 13.1. The van der Waals surface area contributed by atoms with Gasteiger partial charge in [0.1, 0.15) is 36.9 Å². The molecule has 0 aromatic heterocycles. The van der Waals surface area contributed by atoms with Crippen LogP contribution in [0.5, 0.6) is 23.0 Å². The summed E-state index contributed by atoms with van der Waals surface area (Å²) in [4.78, 5) is 44.5. The maximum atomic E-state index is 13.2. The van der Waals surface area contributed by atoms with Crippen molar-refractivity contribution in [3.05, 3.63) is 118 Å². The minimum absolute atomic E-state index is 0.0415. The van der Waals surface area contributed by atoms with Crippen molar-refractivity contribution in [3.8, 4) is 23.0 Å². The Morgan fingerprint density at radius 1 is 0.698 bits per heavy atom. The number of fused-ring (bicyclic) bond motifs is 1. The van der Waals surface area contributed by atoms with E-state index in [1.807, 2.05) is 36.4 Å². The first-order chi connectivity index (χ1) is 20.9. The summed E-state index contributed by atoms with van der Waals surface area (Å²) in [7, 11) is 4.41.